The van der Waals surface area contributed by atoms with Crippen molar-refractivity contribution in [1.29, 1.82) is 0 Å². The van der Waals surface area contributed by atoms with Crippen LogP contribution in [0.1, 0.15) is 36.0 Å². The lowest BCUT2D eigenvalue weighted by molar-refractivity contribution is 0.0601. The van der Waals surface area contributed by atoms with E-state index in [0.717, 1.165) is 23.7 Å². The van der Waals surface area contributed by atoms with Crippen molar-refractivity contribution in [2.45, 2.75) is 43.0 Å². The molecule has 2 fully saturated rings. The molecular formula is C15H18ClNOS. The van der Waals surface area contributed by atoms with E-state index in [-0.39, 0.29) is 5.91 Å². The number of amides is 1. The second-order valence-electron chi connectivity index (χ2n) is 5.43. The van der Waals surface area contributed by atoms with Crippen molar-refractivity contribution in [1.82, 2.24) is 4.90 Å². The van der Waals surface area contributed by atoms with Crippen LogP contribution in [-0.2, 0) is 0 Å². The fourth-order valence-electron chi connectivity index (χ4n) is 3.39. The molecule has 0 N–H and O–H groups in total. The lowest BCUT2D eigenvalue weighted by atomic mass is 10.0. The highest BCUT2D eigenvalue weighted by atomic mass is 35.5. The van der Waals surface area contributed by atoms with E-state index in [4.69, 9.17) is 11.6 Å². The molecule has 0 radical (unpaired) electrons. The molecule has 2 atom stereocenters. The molecule has 2 heterocycles. The van der Waals surface area contributed by atoms with E-state index in [1.807, 2.05) is 23.9 Å². The van der Waals surface area contributed by atoms with Crippen LogP contribution < -0.4 is 0 Å². The standard InChI is InChI=1S/C15H18ClNOS/c1-19-14-8-12-6-7-13(9-14)17(12)15(18)10-2-4-11(16)5-3-10/h2-5,12-14H,6-9H2,1H3. The monoisotopic (exact) mass is 295 g/mol. The average molecular weight is 296 g/mol. The number of hydrogen-bond donors (Lipinski definition) is 0. The van der Waals surface area contributed by atoms with Gasteiger partial charge in [0.2, 0.25) is 0 Å². The molecule has 1 aromatic rings. The van der Waals surface area contributed by atoms with E-state index in [9.17, 15) is 4.79 Å². The molecule has 1 amide bonds. The minimum Gasteiger partial charge on any atom is -0.333 e. The number of rotatable bonds is 2. The number of carbonyl (C=O) groups is 1. The van der Waals surface area contributed by atoms with Crippen molar-refractivity contribution in [3.63, 3.8) is 0 Å². The maximum Gasteiger partial charge on any atom is 0.254 e. The fraction of sp³-hybridized carbons (Fsp3) is 0.533. The van der Waals surface area contributed by atoms with Crippen LogP contribution in [0.2, 0.25) is 5.02 Å². The van der Waals surface area contributed by atoms with Crippen LogP contribution in [0.25, 0.3) is 0 Å². The van der Waals surface area contributed by atoms with Crippen LogP contribution in [0.4, 0.5) is 0 Å². The molecular weight excluding hydrogens is 278 g/mol. The van der Waals surface area contributed by atoms with Crippen LogP contribution in [0, 0.1) is 0 Å². The van der Waals surface area contributed by atoms with Gasteiger partial charge in [0.05, 0.1) is 0 Å². The van der Waals surface area contributed by atoms with E-state index < -0.39 is 0 Å². The highest BCUT2D eigenvalue weighted by molar-refractivity contribution is 7.99. The molecule has 1 aromatic carbocycles. The molecule has 2 nitrogen and oxygen atoms in total. The number of benzene rings is 1. The summed E-state index contributed by atoms with van der Waals surface area (Å²) in [6.07, 6.45) is 6.82. The number of halogens is 1. The number of fused-ring (bicyclic) bond motifs is 2. The maximum atomic E-state index is 12.6. The first-order valence-corrected chi connectivity index (χ1v) is 8.46. The Bertz CT molecular complexity index is 462. The summed E-state index contributed by atoms with van der Waals surface area (Å²) in [6.45, 7) is 0. The molecule has 2 aliphatic heterocycles. The molecule has 0 aliphatic carbocycles. The van der Waals surface area contributed by atoms with Gasteiger partial charge in [-0.2, -0.15) is 11.8 Å². The molecule has 2 bridgehead atoms. The van der Waals surface area contributed by atoms with Gasteiger partial charge in [0.15, 0.2) is 0 Å². The summed E-state index contributed by atoms with van der Waals surface area (Å²) in [6, 6.07) is 8.16. The number of carbonyl (C=O) groups excluding carboxylic acids is 1. The van der Waals surface area contributed by atoms with Gasteiger partial charge in [0.25, 0.3) is 5.91 Å². The third-order valence-electron chi connectivity index (χ3n) is 4.35. The predicted molar refractivity (Wildman–Crippen MR) is 81.0 cm³/mol. The van der Waals surface area contributed by atoms with E-state index >= 15 is 0 Å². The van der Waals surface area contributed by atoms with E-state index in [2.05, 4.69) is 11.2 Å². The zero-order chi connectivity index (χ0) is 13.4. The van der Waals surface area contributed by atoms with Crippen molar-refractivity contribution in [2.75, 3.05) is 6.26 Å². The zero-order valence-electron chi connectivity index (χ0n) is 11.0. The van der Waals surface area contributed by atoms with Crippen molar-refractivity contribution in [3.8, 4) is 0 Å². The van der Waals surface area contributed by atoms with Gasteiger partial charge in [-0.25, -0.2) is 0 Å². The van der Waals surface area contributed by atoms with Crippen LogP contribution in [0.15, 0.2) is 24.3 Å². The third-order valence-corrected chi connectivity index (χ3v) is 5.65. The minimum absolute atomic E-state index is 0.184. The Morgan fingerprint density at radius 3 is 2.32 bits per heavy atom. The Morgan fingerprint density at radius 2 is 1.79 bits per heavy atom. The van der Waals surface area contributed by atoms with Gasteiger partial charge in [-0.3, -0.25) is 4.79 Å². The van der Waals surface area contributed by atoms with Crippen LogP contribution in [0.3, 0.4) is 0 Å². The average Bonchev–Trinajstić information content (AvgIpc) is 2.69. The number of nitrogens with zero attached hydrogens (tertiary/aromatic N) is 1. The molecule has 2 aliphatic rings. The molecule has 0 saturated carbocycles. The van der Waals surface area contributed by atoms with Crippen LogP contribution in [0.5, 0.6) is 0 Å². The molecule has 2 saturated heterocycles. The Balaban J connectivity index is 1.80. The Labute approximate surface area is 123 Å². The SMILES string of the molecule is CSC1CC2CCC(C1)N2C(=O)c1ccc(Cl)cc1. The maximum absolute atomic E-state index is 12.6. The number of piperidine rings is 1. The van der Waals surface area contributed by atoms with E-state index in [0.29, 0.717) is 17.1 Å². The summed E-state index contributed by atoms with van der Waals surface area (Å²) in [5, 5.41) is 1.41. The van der Waals surface area contributed by atoms with Gasteiger partial charge in [0.1, 0.15) is 0 Å². The van der Waals surface area contributed by atoms with Gasteiger partial charge in [-0.05, 0) is 56.2 Å². The minimum atomic E-state index is 0.184. The summed E-state index contributed by atoms with van der Waals surface area (Å²) in [7, 11) is 0. The van der Waals surface area contributed by atoms with E-state index in [1.165, 1.54) is 12.8 Å². The van der Waals surface area contributed by atoms with Gasteiger partial charge in [-0.1, -0.05) is 11.6 Å². The fourth-order valence-corrected chi connectivity index (χ4v) is 4.35. The first kappa shape index (κ1) is 13.3. The smallest absolute Gasteiger partial charge is 0.254 e. The van der Waals surface area contributed by atoms with Crippen molar-refractivity contribution < 1.29 is 4.79 Å². The molecule has 19 heavy (non-hydrogen) atoms. The number of thioether (sulfide) groups is 1. The quantitative estimate of drug-likeness (QED) is 0.826. The second kappa shape index (κ2) is 5.37. The lowest BCUT2D eigenvalue weighted by Crippen LogP contribution is -2.47. The van der Waals surface area contributed by atoms with Crippen molar-refractivity contribution in [2.24, 2.45) is 0 Å². The largest absolute Gasteiger partial charge is 0.333 e. The summed E-state index contributed by atoms with van der Waals surface area (Å²) in [4.78, 5) is 14.8. The Hall–Kier alpha value is -0.670. The lowest BCUT2D eigenvalue weighted by Gasteiger charge is -2.38. The van der Waals surface area contributed by atoms with Crippen LogP contribution >= 0.6 is 23.4 Å². The van der Waals surface area contributed by atoms with Gasteiger partial charge < -0.3 is 4.90 Å². The topological polar surface area (TPSA) is 20.3 Å². The number of hydrogen-bond acceptors (Lipinski definition) is 2. The molecule has 0 aromatic heterocycles. The van der Waals surface area contributed by atoms with Gasteiger partial charge >= 0.3 is 0 Å². The predicted octanol–water partition coefficient (Wildman–Crippen LogP) is 3.84. The van der Waals surface area contributed by atoms with Gasteiger partial charge in [-0.15, -0.1) is 0 Å². The second-order valence-corrected chi connectivity index (χ2v) is 7.01. The first-order chi connectivity index (χ1) is 9.19. The first-order valence-electron chi connectivity index (χ1n) is 6.80. The highest BCUT2D eigenvalue weighted by Gasteiger charge is 2.43. The molecule has 4 heteroatoms. The zero-order valence-corrected chi connectivity index (χ0v) is 12.6. The van der Waals surface area contributed by atoms with Crippen molar-refractivity contribution >= 4 is 29.3 Å². The normalized spacial score (nSPS) is 29.6. The molecule has 2 unspecified atom stereocenters. The summed E-state index contributed by atoms with van der Waals surface area (Å²) in [5.74, 6) is 0.184. The Morgan fingerprint density at radius 1 is 1.21 bits per heavy atom. The Kier molecular flexibility index (Phi) is 3.77. The summed E-state index contributed by atoms with van der Waals surface area (Å²) >= 11 is 7.83. The highest BCUT2D eigenvalue weighted by Crippen LogP contribution is 2.40. The van der Waals surface area contributed by atoms with Crippen molar-refractivity contribution in [3.05, 3.63) is 34.9 Å². The molecule has 102 valence electrons. The summed E-state index contributed by atoms with van der Waals surface area (Å²) in [5.41, 5.74) is 0.768. The summed E-state index contributed by atoms with van der Waals surface area (Å²) < 4.78 is 0. The van der Waals surface area contributed by atoms with Gasteiger partial charge in [0, 0.05) is 27.9 Å². The molecule has 0 spiro atoms. The van der Waals surface area contributed by atoms with Crippen LogP contribution in [-0.4, -0.2) is 34.4 Å². The molecule has 3 rings (SSSR count). The van der Waals surface area contributed by atoms with E-state index in [1.54, 1.807) is 12.1 Å². The third kappa shape index (κ3) is 2.50.